The zero-order chi connectivity index (χ0) is 19.8. The normalized spacial score (nSPS) is 17.4. The number of anilines is 2. The lowest BCUT2D eigenvalue weighted by Crippen LogP contribution is -2.43. The molecule has 6 heteroatoms. The van der Waals surface area contributed by atoms with Gasteiger partial charge in [-0.15, -0.1) is 0 Å². The van der Waals surface area contributed by atoms with Crippen molar-refractivity contribution in [2.24, 2.45) is 0 Å². The third kappa shape index (κ3) is 3.16. The van der Waals surface area contributed by atoms with Gasteiger partial charge in [0.15, 0.2) is 0 Å². The maximum absolute atomic E-state index is 13.8. The van der Waals surface area contributed by atoms with Gasteiger partial charge in [0.2, 0.25) is 0 Å². The van der Waals surface area contributed by atoms with Crippen LogP contribution in [0.1, 0.15) is 12.0 Å². The number of fused-ring (bicyclic) bond motifs is 2. The highest BCUT2D eigenvalue weighted by atomic mass is 32.2. The maximum atomic E-state index is 13.8. The summed E-state index contributed by atoms with van der Waals surface area (Å²) in [7, 11) is -3.65. The molecule has 1 saturated heterocycles. The summed E-state index contributed by atoms with van der Waals surface area (Å²) < 4.78 is 29.1. The van der Waals surface area contributed by atoms with Crippen LogP contribution in [0, 0.1) is 0 Å². The maximum Gasteiger partial charge on any atom is 0.264 e. The molecule has 0 radical (unpaired) electrons. The second kappa shape index (κ2) is 7.35. The number of sulfonamides is 1. The van der Waals surface area contributed by atoms with E-state index >= 15 is 0 Å². The minimum Gasteiger partial charge on any atom is -0.368 e. The van der Waals surface area contributed by atoms with Crippen LogP contribution in [-0.2, 0) is 16.4 Å². The van der Waals surface area contributed by atoms with Gasteiger partial charge < -0.3 is 10.2 Å². The molecule has 29 heavy (non-hydrogen) atoms. The lowest BCUT2D eigenvalue weighted by atomic mass is 10.0. The summed E-state index contributed by atoms with van der Waals surface area (Å²) in [5.74, 6) is 0. The molecule has 3 aromatic rings. The second-order valence-electron chi connectivity index (χ2n) is 7.67. The van der Waals surface area contributed by atoms with Crippen molar-refractivity contribution in [1.82, 2.24) is 5.32 Å². The summed E-state index contributed by atoms with van der Waals surface area (Å²) in [5.41, 5.74) is 3.03. The lowest BCUT2D eigenvalue weighted by Gasteiger charge is -2.32. The molecular formula is C23H25N3O2S. The number of nitrogens with zero attached hydrogens (tertiary/aromatic N) is 2. The number of rotatable bonds is 3. The Kier molecular flexibility index (Phi) is 4.68. The van der Waals surface area contributed by atoms with Crippen molar-refractivity contribution in [3.8, 4) is 0 Å². The monoisotopic (exact) mass is 407 g/mol. The predicted octanol–water partition coefficient (Wildman–Crippen LogP) is 3.39. The minimum absolute atomic E-state index is 0.392. The average molecular weight is 408 g/mol. The first kappa shape index (κ1) is 18.5. The zero-order valence-corrected chi connectivity index (χ0v) is 17.2. The molecule has 0 amide bonds. The Bertz CT molecular complexity index is 1150. The number of hydrogen-bond donors (Lipinski definition) is 1. The molecule has 5 nitrogen and oxygen atoms in total. The van der Waals surface area contributed by atoms with Crippen LogP contribution in [-0.4, -0.2) is 41.1 Å². The van der Waals surface area contributed by atoms with Crippen LogP contribution in [0.25, 0.3) is 10.8 Å². The Labute approximate surface area is 172 Å². The Morgan fingerprint density at radius 2 is 1.48 bits per heavy atom. The molecule has 2 aliphatic heterocycles. The fourth-order valence-corrected chi connectivity index (χ4v) is 6.27. The number of aryl methyl sites for hydroxylation is 1. The van der Waals surface area contributed by atoms with E-state index in [4.69, 9.17) is 0 Å². The minimum atomic E-state index is -3.65. The van der Waals surface area contributed by atoms with Crippen molar-refractivity contribution in [3.63, 3.8) is 0 Å². The van der Waals surface area contributed by atoms with Crippen LogP contribution in [0.2, 0.25) is 0 Å². The summed E-state index contributed by atoms with van der Waals surface area (Å²) in [5, 5.41) is 5.17. The number of para-hydroxylation sites is 1. The molecule has 0 bridgehead atoms. The molecule has 1 N–H and O–H groups in total. The van der Waals surface area contributed by atoms with Gasteiger partial charge in [-0.2, -0.15) is 0 Å². The van der Waals surface area contributed by atoms with Crippen LogP contribution in [0.15, 0.2) is 65.6 Å². The van der Waals surface area contributed by atoms with E-state index in [0.29, 0.717) is 11.4 Å². The number of piperazine rings is 1. The Morgan fingerprint density at radius 3 is 2.31 bits per heavy atom. The first-order valence-corrected chi connectivity index (χ1v) is 11.7. The summed E-state index contributed by atoms with van der Waals surface area (Å²) in [6.45, 7) is 4.26. The van der Waals surface area contributed by atoms with Gasteiger partial charge in [0.05, 0.1) is 10.6 Å². The van der Waals surface area contributed by atoms with Gasteiger partial charge >= 0.3 is 0 Å². The summed E-state index contributed by atoms with van der Waals surface area (Å²) >= 11 is 0. The van der Waals surface area contributed by atoms with Gasteiger partial charge in [0.25, 0.3) is 10.0 Å². The van der Waals surface area contributed by atoms with Crippen molar-refractivity contribution < 1.29 is 8.42 Å². The van der Waals surface area contributed by atoms with E-state index in [0.717, 1.165) is 66.7 Å². The molecule has 0 atom stereocenters. The van der Waals surface area contributed by atoms with Crippen LogP contribution in [0.3, 0.4) is 0 Å². The van der Waals surface area contributed by atoms with Crippen molar-refractivity contribution >= 4 is 32.2 Å². The lowest BCUT2D eigenvalue weighted by molar-refractivity contribution is 0.586. The zero-order valence-electron chi connectivity index (χ0n) is 16.3. The van der Waals surface area contributed by atoms with Crippen molar-refractivity contribution in [3.05, 3.63) is 66.2 Å². The average Bonchev–Trinajstić information content (AvgIpc) is 2.78. The van der Waals surface area contributed by atoms with E-state index in [-0.39, 0.29) is 0 Å². The van der Waals surface area contributed by atoms with E-state index in [1.165, 1.54) is 0 Å². The van der Waals surface area contributed by atoms with Gasteiger partial charge in [-0.3, -0.25) is 4.31 Å². The highest BCUT2D eigenvalue weighted by Gasteiger charge is 2.30. The van der Waals surface area contributed by atoms with Gasteiger partial charge in [-0.1, -0.05) is 42.5 Å². The van der Waals surface area contributed by atoms with E-state index in [2.05, 4.69) is 10.2 Å². The van der Waals surface area contributed by atoms with Crippen molar-refractivity contribution in [2.75, 3.05) is 41.9 Å². The summed E-state index contributed by atoms with van der Waals surface area (Å²) in [6, 6.07) is 19.5. The van der Waals surface area contributed by atoms with Gasteiger partial charge in [-0.05, 0) is 36.6 Å². The van der Waals surface area contributed by atoms with Crippen molar-refractivity contribution in [1.29, 1.82) is 0 Å². The third-order valence-corrected chi connectivity index (χ3v) is 7.83. The van der Waals surface area contributed by atoms with Crippen LogP contribution in [0.5, 0.6) is 0 Å². The van der Waals surface area contributed by atoms with E-state index in [1.807, 2.05) is 54.6 Å². The number of nitrogens with one attached hydrogen (secondary N) is 1. The van der Waals surface area contributed by atoms with Crippen LogP contribution in [0.4, 0.5) is 11.4 Å². The molecule has 0 aliphatic carbocycles. The molecular weight excluding hydrogens is 382 g/mol. The van der Waals surface area contributed by atoms with Gasteiger partial charge in [0.1, 0.15) is 0 Å². The standard InChI is InChI=1S/C23H25N3O2S/c27-29(28,26-15-5-7-18-6-1-4-10-21(18)26)23-12-11-22(25-16-13-24-14-17-25)19-8-2-3-9-20(19)23/h1-4,6,8-12,24H,5,7,13-17H2. The molecule has 0 unspecified atom stereocenters. The topological polar surface area (TPSA) is 52.7 Å². The SMILES string of the molecule is O=S(=O)(c1ccc(N2CCNCC2)c2ccccc12)N1CCCc2ccccc21. The molecule has 2 heterocycles. The fraction of sp³-hybridized carbons (Fsp3) is 0.304. The third-order valence-electron chi connectivity index (χ3n) is 5.95. The molecule has 0 aromatic heterocycles. The quantitative estimate of drug-likeness (QED) is 0.723. The largest absolute Gasteiger partial charge is 0.368 e. The van der Waals surface area contributed by atoms with Gasteiger partial charge in [0, 0.05) is 49.2 Å². The van der Waals surface area contributed by atoms with Crippen molar-refractivity contribution in [2.45, 2.75) is 17.7 Å². The molecule has 0 spiro atoms. The summed E-state index contributed by atoms with van der Waals surface area (Å²) in [6.07, 6.45) is 1.76. The summed E-state index contributed by atoms with van der Waals surface area (Å²) in [4.78, 5) is 2.73. The van der Waals surface area contributed by atoms with E-state index in [1.54, 1.807) is 10.4 Å². The highest BCUT2D eigenvalue weighted by molar-refractivity contribution is 7.93. The Morgan fingerprint density at radius 1 is 0.759 bits per heavy atom. The van der Waals surface area contributed by atoms with Crippen LogP contribution >= 0.6 is 0 Å². The molecule has 5 rings (SSSR count). The van der Waals surface area contributed by atoms with Crippen LogP contribution < -0.4 is 14.5 Å². The number of benzene rings is 3. The second-order valence-corrected chi connectivity index (χ2v) is 9.51. The molecule has 0 saturated carbocycles. The fourth-order valence-electron chi connectivity index (χ4n) is 4.53. The predicted molar refractivity (Wildman–Crippen MR) is 118 cm³/mol. The molecule has 3 aromatic carbocycles. The molecule has 2 aliphatic rings. The Balaban J connectivity index is 1.64. The van der Waals surface area contributed by atoms with E-state index in [9.17, 15) is 8.42 Å². The van der Waals surface area contributed by atoms with Gasteiger partial charge in [-0.25, -0.2) is 8.42 Å². The first-order valence-electron chi connectivity index (χ1n) is 10.2. The smallest absolute Gasteiger partial charge is 0.264 e. The molecule has 150 valence electrons. The molecule has 1 fully saturated rings. The Hall–Kier alpha value is -2.57. The number of hydrogen-bond acceptors (Lipinski definition) is 4. The van der Waals surface area contributed by atoms with E-state index < -0.39 is 10.0 Å². The highest BCUT2D eigenvalue weighted by Crippen LogP contribution is 2.37. The first-order chi connectivity index (χ1) is 14.2.